The predicted octanol–water partition coefficient (Wildman–Crippen LogP) is 1.68. The van der Waals surface area contributed by atoms with Crippen molar-refractivity contribution in [2.24, 2.45) is 5.41 Å². The van der Waals surface area contributed by atoms with Gasteiger partial charge in [-0.05, 0) is 27.2 Å². The molecule has 0 aliphatic carbocycles. The zero-order chi connectivity index (χ0) is 18.8. The average Bonchev–Trinajstić information content (AvgIpc) is 3.05. The third kappa shape index (κ3) is 2.80. The number of rotatable bonds is 3. The van der Waals surface area contributed by atoms with Crippen molar-refractivity contribution in [2.45, 2.75) is 76.8 Å². The van der Waals surface area contributed by atoms with Crippen LogP contribution in [0, 0.1) is 5.41 Å². The lowest BCUT2D eigenvalue weighted by molar-refractivity contribution is -0.240. The quantitative estimate of drug-likeness (QED) is 0.701. The van der Waals surface area contributed by atoms with Crippen LogP contribution in [-0.4, -0.2) is 54.6 Å². The summed E-state index contributed by atoms with van der Waals surface area (Å²) in [5.41, 5.74) is -2.73. The number of hydrogen-bond donors (Lipinski definition) is 0. The van der Waals surface area contributed by atoms with Crippen LogP contribution in [0.4, 0.5) is 13.2 Å². The summed E-state index contributed by atoms with van der Waals surface area (Å²) in [5.74, 6) is -3.46. The highest BCUT2D eigenvalue weighted by Gasteiger charge is 2.65. The van der Waals surface area contributed by atoms with E-state index in [0.29, 0.717) is 0 Å². The molecule has 0 aromatic rings. The number of halogens is 3. The fraction of sp³-hybridized carbons (Fsp3) is 0.867. The predicted molar refractivity (Wildman–Crippen MR) is 72.9 cm³/mol. The maximum absolute atomic E-state index is 13.2. The standard InChI is InChI=1S/C15H19F3O7/c1-5-14(4,15(16,17)18)12(20)23-8-6-7(21-10(8)19)9-11(22-6)25-13(2,3)24-9/h6-9,11H,5H2,1-4H3. The van der Waals surface area contributed by atoms with Crippen LogP contribution in [-0.2, 0) is 33.3 Å². The second-order valence-electron chi connectivity index (χ2n) is 6.98. The summed E-state index contributed by atoms with van der Waals surface area (Å²) in [6.07, 6.45) is -10.5. The molecule has 3 aliphatic heterocycles. The lowest BCUT2D eigenvalue weighted by atomic mass is 9.87. The molecule has 0 amide bonds. The molecule has 142 valence electrons. The minimum absolute atomic E-state index is 0.530. The summed E-state index contributed by atoms with van der Waals surface area (Å²) in [6, 6.07) is 0. The van der Waals surface area contributed by atoms with Gasteiger partial charge in [-0.3, -0.25) is 4.79 Å². The molecular formula is C15H19F3O7. The van der Waals surface area contributed by atoms with E-state index in [2.05, 4.69) is 0 Å². The van der Waals surface area contributed by atoms with Crippen LogP contribution < -0.4 is 0 Å². The van der Waals surface area contributed by atoms with Gasteiger partial charge in [0.05, 0.1) is 0 Å². The molecule has 3 heterocycles. The smallest absolute Gasteiger partial charge is 0.404 e. The van der Waals surface area contributed by atoms with Gasteiger partial charge in [-0.15, -0.1) is 0 Å². The van der Waals surface area contributed by atoms with Gasteiger partial charge in [0.15, 0.2) is 29.7 Å². The third-order valence-corrected chi connectivity index (χ3v) is 4.83. The second-order valence-corrected chi connectivity index (χ2v) is 6.98. The number of alkyl halides is 3. The fourth-order valence-electron chi connectivity index (χ4n) is 3.04. The molecule has 25 heavy (non-hydrogen) atoms. The number of carbonyl (C=O) groups excluding carboxylic acids is 2. The van der Waals surface area contributed by atoms with Crippen molar-refractivity contribution in [3.05, 3.63) is 0 Å². The highest BCUT2D eigenvalue weighted by Crippen LogP contribution is 2.45. The molecule has 6 unspecified atom stereocenters. The van der Waals surface area contributed by atoms with E-state index in [1.807, 2.05) is 0 Å². The van der Waals surface area contributed by atoms with E-state index < -0.39 is 66.4 Å². The van der Waals surface area contributed by atoms with E-state index in [1.165, 1.54) is 6.92 Å². The third-order valence-electron chi connectivity index (χ3n) is 4.83. The first kappa shape index (κ1) is 18.4. The van der Waals surface area contributed by atoms with E-state index in [9.17, 15) is 22.8 Å². The van der Waals surface area contributed by atoms with Crippen molar-refractivity contribution < 1.29 is 46.4 Å². The van der Waals surface area contributed by atoms with Gasteiger partial charge >= 0.3 is 18.1 Å². The molecule has 0 N–H and O–H groups in total. The first-order chi connectivity index (χ1) is 11.4. The number of ether oxygens (including phenoxy) is 5. The Morgan fingerprint density at radius 1 is 1.20 bits per heavy atom. The summed E-state index contributed by atoms with van der Waals surface area (Å²) in [6.45, 7) is 5.23. The molecule has 0 aromatic carbocycles. The average molecular weight is 368 g/mol. The van der Waals surface area contributed by atoms with Crippen LogP contribution in [0.25, 0.3) is 0 Å². The number of carbonyl (C=O) groups is 2. The summed E-state index contributed by atoms with van der Waals surface area (Å²) in [5, 5.41) is 0. The Bertz CT molecular complexity index is 590. The Morgan fingerprint density at radius 3 is 2.40 bits per heavy atom. The molecule has 3 aliphatic rings. The van der Waals surface area contributed by atoms with Gasteiger partial charge in [-0.2, -0.15) is 13.2 Å². The minimum Gasteiger partial charge on any atom is -0.454 e. The topological polar surface area (TPSA) is 80.3 Å². The molecule has 3 rings (SSSR count). The van der Waals surface area contributed by atoms with Crippen LogP contribution in [0.15, 0.2) is 0 Å². The van der Waals surface area contributed by atoms with Crippen LogP contribution >= 0.6 is 0 Å². The number of fused-ring (bicyclic) bond motifs is 3. The lowest BCUT2D eigenvalue weighted by Crippen LogP contribution is -2.47. The zero-order valence-electron chi connectivity index (χ0n) is 14.1. The van der Waals surface area contributed by atoms with Gasteiger partial charge in [0, 0.05) is 0 Å². The normalized spacial score (nSPS) is 38.7. The van der Waals surface area contributed by atoms with E-state index in [1.54, 1.807) is 13.8 Å². The zero-order valence-corrected chi connectivity index (χ0v) is 14.1. The molecule has 6 atom stereocenters. The van der Waals surface area contributed by atoms with E-state index in [0.717, 1.165) is 6.92 Å². The van der Waals surface area contributed by atoms with Crippen LogP contribution in [0.2, 0.25) is 0 Å². The summed E-state index contributed by atoms with van der Waals surface area (Å²) in [4.78, 5) is 24.1. The van der Waals surface area contributed by atoms with Crippen LogP contribution in [0.5, 0.6) is 0 Å². The van der Waals surface area contributed by atoms with Crippen molar-refractivity contribution in [3.8, 4) is 0 Å². The van der Waals surface area contributed by atoms with Gasteiger partial charge in [0.2, 0.25) is 6.10 Å². The molecule has 3 fully saturated rings. The SMILES string of the molecule is CCC(C)(C(=O)OC1C(=O)OC2C3OC(C)(C)OC3OC12)C(F)(F)F. The van der Waals surface area contributed by atoms with E-state index >= 15 is 0 Å². The Labute approximate surface area is 141 Å². The minimum atomic E-state index is -4.82. The molecule has 0 saturated carbocycles. The maximum atomic E-state index is 13.2. The summed E-state index contributed by atoms with van der Waals surface area (Å²) >= 11 is 0. The first-order valence-corrected chi connectivity index (χ1v) is 7.89. The molecule has 0 aromatic heterocycles. The van der Waals surface area contributed by atoms with Gasteiger partial charge < -0.3 is 23.7 Å². The Kier molecular flexibility index (Phi) is 4.09. The first-order valence-electron chi connectivity index (χ1n) is 7.89. The number of esters is 2. The Balaban J connectivity index is 1.75. The molecule has 7 nitrogen and oxygen atoms in total. The summed E-state index contributed by atoms with van der Waals surface area (Å²) in [7, 11) is 0. The van der Waals surface area contributed by atoms with Crippen molar-refractivity contribution in [3.63, 3.8) is 0 Å². The molecule has 3 saturated heterocycles. The van der Waals surface area contributed by atoms with Crippen molar-refractivity contribution in [2.75, 3.05) is 0 Å². The Morgan fingerprint density at radius 2 is 1.84 bits per heavy atom. The van der Waals surface area contributed by atoms with Crippen LogP contribution in [0.1, 0.15) is 34.1 Å². The summed E-state index contributed by atoms with van der Waals surface area (Å²) < 4.78 is 66.1. The number of hydrogen-bond acceptors (Lipinski definition) is 7. The maximum Gasteiger partial charge on any atom is 0.404 e. The van der Waals surface area contributed by atoms with Crippen molar-refractivity contribution in [1.29, 1.82) is 0 Å². The highest BCUT2D eigenvalue weighted by atomic mass is 19.4. The monoisotopic (exact) mass is 368 g/mol. The van der Waals surface area contributed by atoms with Crippen molar-refractivity contribution in [1.82, 2.24) is 0 Å². The molecule has 0 spiro atoms. The molecule has 10 heteroatoms. The van der Waals surface area contributed by atoms with Gasteiger partial charge in [0.1, 0.15) is 6.10 Å². The molecular weight excluding hydrogens is 349 g/mol. The van der Waals surface area contributed by atoms with E-state index in [4.69, 9.17) is 23.7 Å². The largest absolute Gasteiger partial charge is 0.454 e. The molecule has 0 bridgehead atoms. The Hall–Kier alpha value is -1.39. The van der Waals surface area contributed by atoms with Gasteiger partial charge in [-0.1, -0.05) is 6.92 Å². The lowest BCUT2D eigenvalue weighted by Gasteiger charge is -2.30. The van der Waals surface area contributed by atoms with Gasteiger partial charge in [0.25, 0.3) is 0 Å². The molecule has 0 radical (unpaired) electrons. The second kappa shape index (κ2) is 5.55. The van der Waals surface area contributed by atoms with E-state index in [-0.39, 0.29) is 0 Å². The highest BCUT2D eigenvalue weighted by molar-refractivity contribution is 5.84. The fourth-order valence-corrected chi connectivity index (χ4v) is 3.04. The van der Waals surface area contributed by atoms with Gasteiger partial charge in [-0.25, -0.2) is 4.79 Å². The van der Waals surface area contributed by atoms with Crippen LogP contribution in [0.3, 0.4) is 0 Å². The van der Waals surface area contributed by atoms with Crippen molar-refractivity contribution >= 4 is 11.9 Å².